The van der Waals surface area contributed by atoms with Gasteiger partial charge in [-0.25, -0.2) is 0 Å². The molecule has 1 N–H and O–H groups in total. The minimum Gasteiger partial charge on any atom is -0.306 e. The highest BCUT2D eigenvalue weighted by atomic mass is 32.1. The van der Waals surface area contributed by atoms with Crippen LogP contribution in [-0.2, 0) is 0 Å². The molecule has 0 radical (unpaired) electrons. The molecule has 1 aromatic heterocycles. The van der Waals surface area contributed by atoms with Crippen LogP contribution in [0.25, 0.3) is 0 Å². The Hall–Kier alpha value is -0.600. The van der Waals surface area contributed by atoms with Crippen molar-refractivity contribution in [2.24, 2.45) is 0 Å². The zero-order chi connectivity index (χ0) is 11.4. The second-order valence-corrected chi connectivity index (χ2v) is 5.46. The van der Waals surface area contributed by atoms with Crippen LogP contribution in [0.3, 0.4) is 0 Å². The first-order valence-corrected chi connectivity index (χ1v) is 6.31. The summed E-state index contributed by atoms with van der Waals surface area (Å²) in [5, 5.41) is 3.50. The van der Waals surface area contributed by atoms with Crippen LogP contribution < -0.4 is 5.32 Å². The number of thiophene rings is 1. The van der Waals surface area contributed by atoms with Crippen molar-refractivity contribution in [3.8, 4) is 0 Å². The largest absolute Gasteiger partial charge is 0.306 e. The summed E-state index contributed by atoms with van der Waals surface area (Å²) in [5.74, 6) is 0. The molecule has 0 bridgehead atoms. The maximum Gasteiger partial charge on any atom is 0.0603 e. The van der Waals surface area contributed by atoms with Crippen LogP contribution in [0, 0.1) is 13.8 Å². The van der Waals surface area contributed by atoms with Gasteiger partial charge in [-0.05, 0) is 45.9 Å². The fourth-order valence-electron chi connectivity index (χ4n) is 1.55. The average Bonchev–Trinajstić information content (AvgIpc) is 2.46. The lowest BCUT2D eigenvalue weighted by atomic mass is 10.1. The Balaban J connectivity index is 2.93. The van der Waals surface area contributed by atoms with E-state index in [9.17, 15) is 0 Å². The SMILES string of the molecule is CCNC(C=C(C)C)c1cc(C)c(C)s1. The number of hydrogen-bond donors (Lipinski definition) is 1. The number of rotatable bonds is 4. The minimum absolute atomic E-state index is 0.386. The molecule has 1 aromatic rings. The van der Waals surface area contributed by atoms with Gasteiger partial charge < -0.3 is 5.32 Å². The van der Waals surface area contributed by atoms with Gasteiger partial charge >= 0.3 is 0 Å². The smallest absolute Gasteiger partial charge is 0.0603 e. The van der Waals surface area contributed by atoms with E-state index in [2.05, 4.69) is 52.1 Å². The van der Waals surface area contributed by atoms with E-state index in [0.717, 1.165) is 6.54 Å². The Morgan fingerprint density at radius 3 is 2.53 bits per heavy atom. The molecular weight excluding hydrogens is 202 g/mol. The van der Waals surface area contributed by atoms with Gasteiger partial charge in [0.15, 0.2) is 0 Å². The lowest BCUT2D eigenvalue weighted by Gasteiger charge is -2.12. The van der Waals surface area contributed by atoms with E-state index >= 15 is 0 Å². The first-order chi connectivity index (χ1) is 7.04. The molecule has 2 heteroatoms. The van der Waals surface area contributed by atoms with Crippen molar-refractivity contribution in [3.63, 3.8) is 0 Å². The highest BCUT2D eigenvalue weighted by Gasteiger charge is 2.10. The minimum atomic E-state index is 0.386. The molecular formula is C13H21NS. The standard InChI is InChI=1S/C13H21NS/c1-6-14-12(7-9(2)3)13-8-10(4)11(5)15-13/h7-8,12,14H,6H2,1-5H3. The number of allylic oxidation sites excluding steroid dienone is 1. The van der Waals surface area contributed by atoms with E-state index in [-0.39, 0.29) is 0 Å². The van der Waals surface area contributed by atoms with Crippen LogP contribution in [0.15, 0.2) is 17.7 Å². The van der Waals surface area contributed by atoms with Crippen LogP contribution in [0.5, 0.6) is 0 Å². The van der Waals surface area contributed by atoms with E-state index in [1.165, 1.54) is 20.9 Å². The molecule has 15 heavy (non-hydrogen) atoms. The summed E-state index contributed by atoms with van der Waals surface area (Å²) in [4.78, 5) is 2.85. The predicted molar refractivity (Wildman–Crippen MR) is 69.6 cm³/mol. The molecule has 0 saturated heterocycles. The van der Waals surface area contributed by atoms with Crippen molar-refractivity contribution in [1.29, 1.82) is 0 Å². The van der Waals surface area contributed by atoms with Crippen LogP contribution in [0.4, 0.5) is 0 Å². The van der Waals surface area contributed by atoms with E-state index in [0.29, 0.717) is 6.04 Å². The van der Waals surface area contributed by atoms with Crippen molar-refractivity contribution in [2.45, 2.75) is 40.7 Å². The normalized spacial score (nSPS) is 12.6. The summed E-state index contributed by atoms with van der Waals surface area (Å²) in [6.45, 7) is 11.8. The van der Waals surface area contributed by atoms with Gasteiger partial charge in [0.25, 0.3) is 0 Å². The molecule has 0 aromatic carbocycles. The molecule has 0 aliphatic heterocycles. The molecule has 84 valence electrons. The monoisotopic (exact) mass is 223 g/mol. The van der Waals surface area contributed by atoms with Crippen molar-refractivity contribution in [2.75, 3.05) is 6.54 Å². The first kappa shape index (κ1) is 12.5. The molecule has 0 saturated carbocycles. The highest BCUT2D eigenvalue weighted by Crippen LogP contribution is 2.27. The van der Waals surface area contributed by atoms with Crippen molar-refractivity contribution >= 4 is 11.3 Å². The maximum absolute atomic E-state index is 3.50. The van der Waals surface area contributed by atoms with E-state index in [4.69, 9.17) is 0 Å². The molecule has 0 fully saturated rings. The summed E-state index contributed by atoms with van der Waals surface area (Å²) >= 11 is 1.90. The molecule has 1 atom stereocenters. The lowest BCUT2D eigenvalue weighted by molar-refractivity contribution is 0.653. The Morgan fingerprint density at radius 2 is 2.13 bits per heavy atom. The van der Waals surface area contributed by atoms with E-state index < -0.39 is 0 Å². The second kappa shape index (κ2) is 5.47. The average molecular weight is 223 g/mol. The molecule has 1 heterocycles. The van der Waals surface area contributed by atoms with Gasteiger partial charge in [-0.3, -0.25) is 0 Å². The quantitative estimate of drug-likeness (QED) is 0.761. The fraction of sp³-hybridized carbons (Fsp3) is 0.538. The van der Waals surface area contributed by atoms with Gasteiger partial charge in [-0.15, -0.1) is 11.3 Å². The Kier molecular flexibility index (Phi) is 4.55. The summed E-state index contributed by atoms with van der Waals surface area (Å²) in [5.41, 5.74) is 2.77. The van der Waals surface area contributed by atoms with Crippen LogP contribution in [-0.4, -0.2) is 6.54 Å². The predicted octanol–water partition coefficient (Wildman–Crippen LogP) is 3.98. The van der Waals surface area contributed by atoms with Crippen molar-refractivity contribution in [1.82, 2.24) is 5.32 Å². The summed E-state index contributed by atoms with van der Waals surface area (Å²) in [6.07, 6.45) is 2.30. The number of aryl methyl sites for hydroxylation is 2. The van der Waals surface area contributed by atoms with Gasteiger partial charge in [0, 0.05) is 9.75 Å². The van der Waals surface area contributed by atoms with Gasteiger partial charge in [-0.2, -0.15) is 0 Å². The summed E-state index contributed by atoms with van der Waals surface area (Å²) in [6, 6.07) is 2.68. The zero-order valence-corrected chi connectivity index (χ0v) is 11.2. The Bertz CT molecular complexity index is 326. The Labute approximate surface area is 97.2 Å². The topological polar surface area (TPSA) is 12.0 Å². The van der Waals surface area contributed by atoms with Crippen molar-refractivity contribution in [3.05, 3.63) is 33.0 Å². The molecule has 1 rings (SSSR count). The maximum atomic E-state index is 3.50. The third-order valence-electron chi connectivity index (χ3n) is 2.42. The van der Waals surface area contributed by atoms with Gasteiger partial charge in [-0.1, -0.05) is 18.6 Å². The van der Waals surface area contributed by atoms with Gasteiger partial charge in [0.05, 0.1) is 6.04 Å². The summed E-state index contributed by atoms with van der Waals surface area (Å²) in [7, 11) is 0. The molecule has 1 unspecified atom stereocenters. The van der Waals surface area contributed by atoms with Crippen molar-refractivity contribution < 1.29 is 0 Å². The third-order valence-corrected chi connectivity index (χ3v) is 3.65. The fourth-order valence-corrected chi connectivity index (χ4v) is 2.64. The number of likely N-dealkylation sites (N-methyl/N-ethyl adjacent to an activating group) is 1. The van der Waals surface area contributed by atoms with Gasteiger partial charge in [0.2, 0.25) is 0 Å². The summed E-state index contributed by atoms with van der Waals surface area (Å²) < 4.78 is 0. The van der Waals surface area contributed by atoms with Crippen LogP contribution in [0.1, 0.15) is 42.1 Å². The molecule has 1 nitrogen and oxygen atoms in total. The van der Waals surface area contributed by atoms with Crippen LogP contribution in [0.2, 0.25) is 0 Å². The van der Waals surface area contributed by atoms with E-state index in [1.54, 1.807) is 0 Å². The number of hydrogen-bond acceptors (Lipinski definition) is 2. The Morgan fingerprint density at radius 1 is 1.47 bits per heavy atom. The first-order valence-electron chi connectivity index (χ1n) is 5.50. The second-order valence-electron chi connectivity index (χ2n) is 4.17. The van der Waals surface area contributed by atoms with Crippen LogP contribution >= 0.6 is 11.3 Å². The van der Waals surface area contributed by atoms with Gasteiger partial charge in [0.1, 0.15) is 0 Å². The third kappa shape index (κ3) is 3.47. The number of nitrogens with one attached hydrogen (secondary N) is 1. The molecule has 0 spiro atoms. The molecule has 0 aliphatic carbocycles. The lowest BCUT2D eigenvalue weighted by Crippen LogP contribution is -2.18. The molecule has 0 aliphatic rings. The molecule has 0 amide bonds. The van der Waals surface area contributed by atoms with E-state index in [1.807, 2.05) is 11.3 Å². The highest BCUT2D eigenvalue weighted by molar-refractivity contribution is 7.12. The zero-order valence-electron chi connectivity index (χ0n) is 10.3.